The third kappa shape index (κ3) is 3.08. The number of carbonyl (C=O) groups excluding carboxylic acids is 2. The van der Waals surface area contributed by atoms with Gasteiger partial charge >= 0.3 is 6.18 Å². The van der Waals surface area contributed by atoms with E-state index in [1.54, 1.807) is 0 Å². The predicted molar refractivity (Wildman–Crippen MR) is 58.5 cm³/mol. The lowest BCUT2D eigenvalue weighted by Gasteiger charge is -2.12. The summed E-state index contributed by atoms with van der Waals surface area (Å²) in [5.41, 5.74) is -3.99. The average Bonchev–Trinajstić information content (AvgIpc) is 2.34. The highest BCUT2D eigenvalue weighted by atomic mass is 35.5. The SMILES string of the molecule is O=Cc1cc(C(F)(F)F)c(C(=O)CCl)cc1[N+](=O)[O-]. The zero-order chi connectivity index (χ0) is 14.8. The molecule has 5 nitrogen and oxygen atoms in total. The van der Waals surface area contributed by atoms with Crippen molar-refractivity contribution in [3.05, 3.63) is 38.9 Å². The molecular formula is C10H5ClF3NO4. The van der Waals surface area contributed by atoms with Crippen LogP contribution < -0.4 is 0 Å². The van der Waals surface area contributed by atoms with Gasteiger partial charge in [-0.05, 0) is 6.07 Å². The summed E-state index contributed by atoms with van der Waals surface area (Å²) < 4.78 is 38.1. The van der Waals surface area contributed by atoms with Crippen molar-refractivity contribution in [3.8, 4) is 0 Å². The van der Waals surface area contributed by atoms with Crippen molar-refractivity contribution in [2.24, 2.45) is 0 Å². The van der Waals surface area contributed by atoms with E-state index < -0.39 is 45.1 Å². The molecule has 0 atom stereocenters. The second-order valence-electron chi connectivity index (χ2n) is 3.39. The molecule has 0 saturated heterocycles. The molecule has 1 aromatic rings. The summed E-state index contributed by atoms with van der Waals surface area (Å²) in [6, 6.07) is 0.683. The molecule has 0 heterocycles. The van der Waals surface area contributed by atoms with Crippen LogP contribution in [0.1, 0.15) is 26.3 Å². The lowest BCUT2D eigenvalue weighted by atomic mass is 9.99. The zero-order valence-corrected chi connectivity index (χ0v) is 9.79. The Morgan fingerprint density at radius 2 is 2.00 bits per heavy atom. The molecule has 0 aliphatic rings. The van der Waals surface area contributed by atoms with Gasteiger partial charge in [-0.15, -0.1) is 11.6 Å². The molecule has 9 heteroatoms. The molecule has 0 amide bonds. The molecule has 0 N–H and O–H groups in total. The highest BCUT2D eigenvalue weighted by Gasteiger charge is 2.37. The number of nitrogens with zero attached hydrogens (tertiary/aromatic N) is 1. The van der Waals surface area contributed by atoms with Crippen molar-refractivity contribution < 1.29 is 27.7 Å². The van der Waals surface area contributed by atoms with E-state index in [9.17, 15) is 32.9 Å². The first-order valence-corrected chi connectivity index (χ1v) is 5.19. The van der Waals surface area contributed by atoms with Gasteiger partial charge in [0.25, 0.3) is 5.69 Å². The van der Waals surface area contributed by atoms with Crippen LogP contribution in [0.5, 0.6) is 0 Å². The number of hydrogen-bond donors (Lipinski definition) is 0. The molecular weight excluding hydrogens is 291 g/mol. The fourth-order valence-electron chi connectivity index (χ4n) is 1.39. The van der Waals surface area contributed by atoms with Crippen LogP contribution in [0.15, 0.2) is 12.1 Å². The maximum atomic E-state index is 12.7. The molecule has 0 aliphatic heterocycles. The van der Waals surface area contributed by atoms with Crippen molar-refractivity contribution in [1.29, 1.82) is 0 Å². The lowest BCUT2D eigenvalue weighted by Crippen LogP contribution is -2.15. The van der Waals surface area contributed by atoms with E-state index in [-0.39, 0.29) is 12.4 Å². The van der Waals surface area contributed by atoms with E-state index in [1.807, 2.05) is 0 Å². The number of ketones is 1. The molecule has 102 valence electrons. The molecule has 1 rings (SSSR count). The van der Waals surface area contributed by atoms with Crippen molar-refractivity contribution in [3.63, 3.8) is 0 Å². The molecule has 0 bridgehead atoms. The quantitative estimate of drug-likeness (QED) is 0.281. The Balaban J connectivity index is 3.67. The Morgan fingerprint density at radius 3 is 2.37 bits per heavy atom. The molecule has 0 aromatic heterocycles. The molecule has 0 fully saturated rings. The summed E-state index contributed by atoms with van der Waals surface area (Å²) in [5, 5.41) is 10.6. The number of nitro groups is 1. The molecule has 1 aromatic carbocycles. The van der Waals surface area contributed by atoms with Gasteiger partial charge < -0.3 is 0 Å². The Labute approximate surface area is 109 Å². The normalized spacial score (nSPS) is 11.2. The monoisotopic (exact) mass is 295 g/mol. The van der Waals surface area contributed by atoms with Crippen molar-refractivity contribution in [1.82, 2.24) is 0 Å². The largest absolute Gasteiger partial charge is 0.417 e. The van der Waals surface area contributed by atoms with E-state index in [2.05, 4.69) is 0 Å². The maximum Gasteiger partial charge on any atom is 0.417 e. The first kappa shape index (κ1) is 15.1. The lowest BCUT2D eigenvalue weighted by molar-refractivity contribution is -0.385. The minimum absolute atomic E-state index is 0.0810. The van der Waals surface area contributed by atoms with Crippen LogP contribution in [0.2, 0.25) is 0 Å². The van der Waals surface area contributed by atoms with Crippen LogP contribution in [0, 0.1) is 10.1 Å². The number of alkyl halides is 4. The van der Waals surface area contributed by atoms with Gasteiger partial charge in [-0.25, -0.2) is 0 Å². The number of rotatable bonds is 4. The molecule has 19 heavy (non-hydrogen) atoms. The minimum Gasteiger partial charge on any atom is -0.298 e. The third-order valence-electron chi connectivity index (χ3n) is 2.22. The van der Waals surface area contributed by atoms with Crippen LogP contribution >= 0.6 is 11.6 Å². The Morgan fingerprint density at radius 1 is 1.42 bits per heavy atom. The van der Waals surface area contributed by atoms with E-state index in [0.717, 1.165) is 0 Å². The van der Waals surface area contributed by atoms with E-state index in [1.165, 1.54) is 0 Å². The Bertz CT molecular complexity index is 556. The van der Waals surface area contributed by atoms with E-state index in [4.69, 9.17) is 11.6 Å². The fourth-order valence-corrected chi connectivity index (χ4v) is 1.54. The molecule has 0 saturated carbocycles. The van der Waals surface area contributed by atoms with E-state index in [0.29, 0.717) is 6.07 Å². The topological polar surface area (TPSA) is 77.3 Å². The van der Waals surface area contributed by atoms with Crippen molar-refractivity contribution >= 4 is 29.4 Å². The highest BCUT2D eigenvalue weighted by Crippen LogP contribution is 2.35. The zero-order valence-electron chi connectivity index (χ0n) is 9.03. The maximum absolute atomic E-state index is 12.7. The van der Waals surface area contributed by atoms with Gasteiger partial charge in [-0.1, -0.05) is 0 Å². The molecule has 0 spiro atoms. The van der Waals surface area contributed by atoms with Crippen LogP contribution in [0.25, 0.3) is 0 Å². The molecule has 0 radical (unpaired) electrons. The predicted octanol–water partition coefficient (Wildman–Crippen LogP) is 2.85. The minimum atomic E-state index is -4.93. The first-order valence-electron chi connectivity index (χ1n) is 4.66. The number of carbonyl (C=O) groups is 2. The first-order chi connectivity index (χ1) is 8.72. The van der Waals surface area contributed by atoms with Crippen LogP contribution in [0.3, 0.4) is 0 Å². The number of nitro benzene ring substituents is 1. The van der Waals surface area contributed by atoms with Gasteiger partial charge in [0.15, 0.2) is 12.1 Å². The second-order valence-corrected chi connectivity index (χ2v) is 3.65. The van der Waals surface area contributed by atoms with Crippen LogP contribution in [-0.4, -0.2) is 22.9 Å². The number of aldehydes is 1. The van der Waals surface area contributed by atoms with Crippen LogP contribution in [-0.2, 0) is 6.18 Å². The van der Waals surface area contributed by atoms with Crippen LogP contribution in [0.4, 0.5) is 18.9 Å². The van der Waals surface area contributed by atoms with Crippen molar-refractivity contribution in [2.45, 2.75) is 6.18 Å². The van der Waals surface area contributed by atoms with Crippen molar-refractivity contribution in [2.75, 3.05) is 5.88 Å². The van der Waals surface area contributed by atoms with Gasteiger partial charge in [-0.3, -0.25) is 19.7 Å². The highest BCUT2D eigenvalue weighted by molar-refractivity contribution is 6.30. The number of benzene rings is 1. The summed E-state index contributed by atoms with van der Waals surface area (Å²) in [7, 11) is 0. The standard InChI is InChI=1S/C10H5ClF3NO4/c11-3-9(17)6-2-8(15(18)19)5(4-16)1-7(6)10(12,13)14/h1-2,4H,3H2. The summed E-state index contributed by atoms with van der Waals surface area (Å²) >= 11 is 5.16. The smallest absolute Gasteiger partial charge is 0.298 e. The van der Waals surface area contributed by atoms with Gasteiger partial charge in [0, 0.05) is 11.6 Å². The Hall–Kier alpha value is -1.96. The average molecular weight is 296 g/mol. The fraction of sp³-hybridized carbons (Fsp3) is 0.200. The van der Waals surface area contributed by atoms with Gasteiger partial charge in [-0.2, -0.15) is 13.2 Å². The number of Topliss-reactive ketones (excluding diaryl/α,β-unsaturated/α-hetero) is 1. The number of hydrogen-bond acceptors (Lipinski definition) is 4. The Kier molecular flexibility index (Phi) is 4.25. The summed E-state index contributed by atoms with van der Waals surface area (Å²) in [6.07, 6.45) is -5.01. The summed E-state index contributed by atoms with van der Waals surface area (Å²) in [5.74, 6) is -1.88. The molecule has 0 unspecified atom stereocenters. The third-order valence-corrected chi connectivity index (χ3v) is 2.46. The van der Waals surface area contributed by atoms with E-state index >= 15 is 0 Å². The second kappa shape index (κ2) is 5.35. The summed E-state index contributed by atoms with van der Waals surface area (Å²) in [4.78, 5) is 31.5. The number of halogens is 4. The van der Waals surface area contributed by atoms with Gasteiger partial charge in [0.05, 0.1) is 21.9 Å². The van der Waals surface area contributed by atoms with Gasteiger partial charge in [0.1, 0.15) is 0 Å². The molecule has 0 aliphatic carbocycles. The summed E-state index contributed by atoms with van der Waals surface area (Å²) in [6.45, 7) is 0. The van der Waals surface area contributed by atoms with Gasteiger partial charge in [0.2, 0.25) is 0 Å².